The Morgan fingerprint density at radius 2 is 1.94 bits per heavy atom. The van der Waals surface area contributed by atoms with E-state index < -0.39 is 0 Å². The van der Waals surface area contributed by atoms with E-state index >= 15 is 0 Å². The second-order valence-electron chi connectivity index (χ2n) is 8.23. The average molecular weight is 443 g/mol. The van der Waals surface area contributed by atoms with Crippen LogP contribution in [0.5, 0.6) is 5.75 Å². The largest absolute Gasteiger partial charge is 0.498 e. The van der Waals surface area contributed by atoms with Gasteiger partial charge in [-0.05, 0) is 73.4 Å². The van der Waals surface area contributed by atoms with Crippen molar-refractivity contribution >= 4 is 5.57 Å². The molecule has 0 saturated carbocycles. The lowest BCUT2D eigenvalue weighted by atomic mass is 9.92. The summed E-state index contributed by atoms with van der Waals surface area (Å²) < 4.78 is 24.3. The highest BCUT2D eigenvalue weighted by Gasteiger charge is 2.13. The second-order valence-corrected chi connectivity index (χ2v) is 8.23. The Labute approximate surface area is 193 Å². The van der Waals surface area contributed by atoms with Gasteiger partial charge in [0.1, 0.15) is 5.75 Å². The zero-order valence-electron chi connectivity index (χ0n) is 19.4. The Bertz CT molecular complexity index is 779. The van der Waals surface area contributed by atoms with Crippen LogP contribution in [0.25, 0.3) is 5.57 Å². The topological polar surface area (TPSA) is 38.7 Å². The Balaban J connectivity index is 2.12. The van der Waals surface area contributed by atoms with Crippen molar-refractivity contribution in [3.8, 4) is 5.75 Å². The number of hydrogen-bond acceptors (Lipinski definition) is 3. The number of benzene rings is 1. The highest BCUT2D eigenvalue weighted by atomic mass is 19.1. The molecule has 0 unspecified atom stereocenters. The number of aryl methyl sites for hydroxylation is 1. The van der Waals surface area contributed by atoms with Gasteiger partial charge in [-0.25, -0.2) is 0 Å². The van der Waals surface area contributed by atoms with E-state index in [1.165, 1.54) is 16.7 Å². The third-order valence-corrected chi connectivity index (χ3v) is 5.59. The number of ether oxygens (including phenoxy) is 2. The minimum Gasteiger partial charge on any atom is -0.498 e. The number of rotatable bonds is 17. The first-order valence-corrected chi connectivity index (χ1v) is 11.9. The third kappa shape index (κ3) is 9.44. The van der Waals surface area contributed by atoms with Crippen LogP contribution in [0.15, 0.2) is 60.9 Å². The van der Waals surface area contributed by atoms with Crippen molar-refractivity contribution in [1.82, 2.24) is 0 Å². The highest BCUT2D eigenvalue weighted by Crippen LogP contribution is 2.32. The number of hydrogen-bond donors (Lipinski definition) is 1. The van der Waals surface area contributed by atoms with Gasteiger partial charge in [-0.15, -0.1) is 6.58 Å². The van der Waals surface area contributed by atoms with Crippen LogP contribution < -0.4 is 4.74 Å². The molecule has 0 aromatic heterocycles. The minimum absolute atomic E-state index is 0.126. The van der Waals surface area contributed by atoms with Gasteiger partial charge in [-0.2, -0.15) is 0 Å². The molecule has 0 heterocycles. The minimum atomic E-state index is -0.228. The molecule has 0 atom stereocenters. The molecule has 0 fully saturated rings. The van der Waals surface area contributed by atoms with Crippen molar-refractivity contribution in [1.29, 1.82) is 0 Å². The fourth-order valence-corrected chi connectivity index (χ4v) is 3.74. The fourth-order valence-electron chi connectivity index (χ4n) is 3.74. The Morgan fingerprint density at radius 3 is 2.72 bits per heavy atom. The number of allylic oxidation sites excluding steroid dienone is 4. The van der Waals surface area contributed by atoms with Gasteiger partial charge in [0.25, 0.3) is 0 Å². The molecule has 0 radical (unpaired) electrons. The summed E-state index contributed by atoms with van der Waals surface area (Å²) in [5.74, 6) is 1.86. The average Bonchev–Trinajstić information content (AvgIpc) is 2.80. The van der Waals surface area contributed by atoms with Crippen molar-refractivity contribution in [2.75, 3.05) is 26.5 Å². The lowest BCUT2D eigenvalue weighted by Crippen LogP contribution is -2.03. The SMILES string of the molecule is C=CCCOC1=CC(c2cc(OCCC(=C)CCO)ccc2CCCCCCF)=CCC1. The van der Waals surface area contributed by atoms with E-state index in [1.54, 1.807) is 0 Å². The first kappa shape index (κ1) is 25.9. The summed E-state index contributed by atoms with van der Waals surface area (Å²) in [5, 5.41) is 9.03. The van der Waals surface area contributed by atoms with Crippen LogP contribution in [0, 0.1) is 0 Å². The molecule has 3 nitrogen and oxygen atoms in total. The first-order valence-electron chi connectivity index (χ1n) is 11.9. The van der Waals surface area contributed by atoms with Crippen LogP contribution in [0.3, 0.4) is 0 Å². The molecule has 1 aromatic carbocycles. The van der Waals surface area contributed by atoms with Gasteiger partial charge >= 0.3 is 0 Å². The summed E-state index contributed by atoms with van der Waals surface area (Å²) in [4.78, 5) is 0. The molecule has 0 amide bonds. The highest BCUT2D eigenvalue weighted by molar-refractivity contribution is 5.78. The van der Waals surface area contributed by atoms with E-state index in [2.05, 4.69) is 37.4 Å². The lowest BCUT2D eigenvalue weighted by molar-refractivity contribution is 0.207. The molecule has 32 heavy (non-hydrogen) atoms. The molecule has 0 aliphatic heterocycles. The van der Waals surface area contributed by atoms with Crippen LogP contribution in [0.2, 0.25) is 0 Å². The molecular weight excluding hydrogens is 403 g/mol. The van der Waals surface area contributed by atoms with E-state index in [1.807, 2.05) is 12.1 Å². The molecular formula is C28H39FO3. The van der Waals surface area contributed by atoms with E-state index in [-0.39, 0.29) is 13.3 Å². The van der Waals surface area contributed by atoms with E-state index in [0.29, 0.717) is 26.1 Å². The molecule has 0 spiro atoms. The van der Waals surface area contributed by atoms with Crippen LogP contribution in [-0.2, 0) is 11.2 Å². The summed E-state index contributed by atoms with van der Waals surface area (Å²) in [6, 6.07) is 6.31. The maximum atomic E-state index is 12.4. The molecule has 176 valence electrons. The quantitative estimate of drug-likeness (QED) is 0.206. The summed E-state index contributed by atoms with van der Waals surface area (Å²) in [6.07, 6.45) is 15.0. The maximum Gasteiger partial charge on any atom is 0.119 e. The summed E-state index contributed by atoms with van der Waals surface area (Å²) in [5.41, 5.74) is 4.65. The van der Waals surface area contributed by atoms with Gasteiger partial charge in [0.2, 0.25) is 0 Å². The van der Waals surface area contributed by atoms with Gasteiger partial charge in [0, 0.05) is 19.4 Å². The summed E-state index contributed by atoms with van der Waals surface area (Å²) in [6.45, 7) is 8.83. The number of aliphatic hydroxyl groups excluding tert-OH is 1. The van der Waals surface area contributed by atoms with Crippen LogP contribution in [0.1, 0.15) is 68.9 Å². The molecule has 1 aliphatic carbocycles. The lowest BCUT2D eigenvalue weighted by Gasteiger charge is -2.19. The van der Waals surface area contributed by atoms with Gasteiger partial charge in [0.15, 0.2) is 0 Å². The van der Waals surface area contributed by atoms with E-state index in [4.69, 9.17) is 14.6 Å². The normalized spacial score (nSPS) is 13.3. The predicted octanol–water partition coefficient (Wildman–Crippen LogP) is 7.12. The molecule has 0 bridgehead atoms. The monoisotopic (exact) mass is 442 g/mol. The predicted molar refractivity (Wildman–Crippen MR) is 132 cm³/mol. The van der Waals surface area contributed by atoms with Gasteiger partial charge in [0.05, 0.1) is 25.6 Å². The second kappa shape index (κ2) is 15.5. The maximum absolute atomic E-state index is 12.4. The zero-order chi connectivity index (χ0) is 23.0. The summed E-state index contributed by atoms with van der Waals surface area (Å²) >= 11 is 0. The Kier molecular flexibility index (Phi) is 12.5. The van der Waals surface area contributed by atoms with Crippen molar-refractivity contribution < 1.29 is 19.0 Å². The molecule has 2 rings (SSSR count). The number of halogens is 1. The van der Waals surface area contributed by atoms with Crippen molar-refractivity contribution in [3.05, 3.63) is 72.0 Å². The van der Waals surface area contributed by atoms with Gasteiger partial charge in [-0.1, -0.05) is 43.2 Å². The Morgan fingerprint density at radius 1 is 1.09 bits per heavy atom. The standard InChI is InChI=1S/C28H39FO3/c1-3-4-19-31-26-12-9-11-25(21-26)28-22-27(32-20-16-23(2)15-18-30)14-13-24(28)10-7-5-6-8-17-29/h3,11,13-14,21-22,30H,1-2,4-10,12,15-20H2. The molecule has 1 N–H and O–H groups in total. The van der Waals surface area contributed by atoms with Crippen molar-refractivity contribution in [2.24, 2.45) is 0 Å². The van der Waals surface area contributed by atoms with E-state index in [0.717, 1.165) is 68.4 Å². The molecule has 4 heteroatoms. The number of aliphatic hydroxyl groups is 1. The third-order valence-electron chi connectivity index (χ3n) is 5.59. The first-order chi connectivity index (χ1) is 15.7. The van der Waals surface area contributed by atoms with Crippen LogP contribution in [-0.4, -0.2) is 31.6 Å². The fraction of sp³-hybridized carbons (Fsp3) is 0.500. The van der Waals surface area contributed by atoms with Crippen LogP contribution >= 0.6 is 0 Å². The smallest absolute Gasteiger partial charge is 0.119 e. The van der Waals surface area contributed by atoms with Gasteiger partial charge in [-0.3, -0.25) is 4.39 Å². The van der Waals surface area contributed by atoms with E-state index in [9.17, 15) is 4.39 Å². The van der Waals surface area contributed by atoms with Crippen molar-refractivity contribution in [2.45, 2.75) is 64.2 Å². The van der Waals surface area contributed by atoms with Crippen molar-refractivity contribution in [3.63, 3.8) is 0 Å². The number of unbranched alkanes of at least 4 members (excludes halogenated alkanes) is 3. The Hall–Kier alpha value is -2.33. The summed E-state index contributed by atoms with van der Waals surface area (Å²) in [7, 11) is 0. The van der Waals surface area contributed by atoms with Gasteiger partial charge < -0.3 is 14.6 Å². The number of alkyl halides is 1. The van der Waals surface area contributed by atoms with Crippen LogP contribution in [0.4, 0.5) is 4.39 Å². The molecule has 1 aliphatic rings. The molecule has 0 saturated heterocycles. The zero-order valence-corrected chi connectivity index (χ0v) is 19.4. The molecule has 1 aromatic rings.